The van der Waals surface area contributed by atoms with Crippen molar-refractivity contribution in [2.45, 2.75) is 38.5 Å². The lowest BCUT2D eigenvalue weighted by Gasteiger charge is -2.02. The van der Waals surface area contributed by atoms with Crippen LogP contribution in [0.25, 0.3) is 11.0 Å². The Labute approximate surface area is 104 Å². The van der Waals surface area contributed by atoms with Crippen LogP contribution in [0.15, 0.2) is 16.6 Å². The highest BCUT2D eigenvalue weighted by atomic mass is 79.9. The Bertz CT molecular complexity index is 485. The molecule has 0 unspecified atom stereocenters. The number of hydrogen-bond acceptors (Lipinski definition) is 1. The first-order valence-electron chi connectivity index (χ1n) is 5.90. The van der Waals surface area contributed by atoms with Gasteiger partial charge in [0.15, 0.2) is 0 Å². The smallest absolute Gasteiger partial charge is 0.110 e. The van der Waals surface area contributed by atoms with E-state index in [4.69, 9.17) is 4.98 Å². The van der Waals surface area contributed by atoms with E-state index in [1.54, 1.807) is 0 Å². The van der Waals surface area contributed by atoms with E-state index in [2.05, 4.69) is 40.0 Å². The molecule has 0 atom stereocenters. The molecule has 1 aromatic heterocycles. The minimum absolute atomic E-state index is 0.659. The van der Waals surface area contributed by atoms with Crippen molar-refractivity contribution in [2.75, 3.05) is 0 Å². The van der Waals surface area contributed by atoms with Gasteiger partial charge >= 0.3 is 0 Å². The third-order valence-corrected chi connectivity index (χ3v) is 4.38. The van der Waals surface area contributed by atoms with Gasteiger partial charge in [0.1, 0.15) is 5.82 Å². The topological polar surface area (TPSA) is 28.7 Å². The van der Waals surface area contributed by atoms with Crippen LogP contribution in [0, 0.1) is 6.92 Å². The van der Waals surface area contributed by atoms with Crippen molar-refractivity contribution in [3.8, 4) is 0 Å². The van der Waals surface area contributed by atoms with Crippen LogP contribution in [-0.2, 0) is 0 Å². The predicted molar refractivity (Wildman–Crippen MR) is 69.7 cm³/mol. The average Bonchev–Trinajstić information content (AvgIpc) is 2.86. The summed E-state index contributed by atoms with van der Waals surface area (Å²) in [7, 11) is 0. The van der Waals surface area contributed by atoms with E-state index < -0.39 is 0 Å². The van der Waals surface area contributed by atoms with Crippen molar-refractivity contribution in [3.05, 3.63) is 28.0 Å². The number of benzene rings is 1. The summed E-state index contributed by atoms with van der Waals surface area (Å²) >= 11 is 3.56. The molecule has 1 aliphatic rings. The minimum Gasteiger partial charge on any atom is -0.342 e. The second kappa shape index (κ2) is 3.88. The van der Waals surface area contributed by atoms with Gasteiger partial charge in [-0.05, 0) is 37.5 Å². The maximum Gasteiger partial charge on any atom is 0.110 e. The van der Waals surface area contributed by atoms with Gasteiger partial charge in [0.2, 0.25) is 0 Å². The molecular weight excluding hydrogens is 264 g/mol. The number of aromatic nitrogens is 2. The number of aryl methyl sites for hydroxylation is 1. The van der Waals surface area contributed by atoms with E-state index in [-0.39, 0.29) is 0 Å². The van der Waals surface area contributed by atoms with Crippen molar-refractivity contribution >= 4 is 27.0 Å². The number of halogens is 1. The molecule has 16 heavy (non-hydrogen) atoms. The fraction of sp³-hybridized carbons (Fsp3) is 0.462. The SMILES string of the molecule is Cc1cc2[nH]c(C3CCCC3)nc2cc1Br. The van der Waals surface area contributed by atoms with E-state index in [9.17, 15) is 0 Å². The normalized spacial score (nSPS) is 17.4. The van der Waals surface area contributed by atoms with E-state index >= 15 is 0 Å². The maximum absolute atomic E-state index is 4.71. The maximum atomic E-state index is 4.71. The predicted octanol–water partition coefficient (Wildman–Crippen LogP) is 4.29. The first kappa shape index (κ1) is 10.3. The molecule has 1 heterocycles. The van der Waals surface area contributed by atoms with Crippen LogP contribution in [-0.4, -0.2) is 9.97 Å². The fourth-order valence-electron chi connectivity index (χ4n) is 2.55. The van der Waals surface area contributed by atoms with Crippen molar-refractivity contribution in [1.29, 1.82) is 0 Å². The van der Waals surface area contributed by atoms with Gasteiger partial charge in [-0.15, -0.1) is 0 Å². The number of H-pyrrole nitrogens is 1. The van der Waals surface area contributed by atoms with Gasteiger partial charge in [-0.1, -0.05) is 28.8 Å². The zero-order chi connectivity index (χ0) is 11.1. The highest BCUT2D eigenvalue weighted by Gasteiger charge is 2.20. The molecule has 1 saturated carbocycles. The lowest BCUT2D eigenvalue weighted by molar-refractivity contribution is 0.681. The number of imidazole rings is 1. The summed E-state index contributed by atoms with van der Waals surface area (Å²) < 4.78 is 1.14. The average molecular weight is 279 g/mol. The van der Waals surface area contributed by atoms with Crippen molar-refractivity contribution in [1.82, 2.24) is 9.97 Å². The molecule has 1 aliphatic carbocycles. The van der Waals surface area contributed by atoms with Crippen LogP contribution in [0.3, 0.4) is 0 Å². The van der Waals surface area contributed by atoms with Crippen molar-refractivity contribution < 1.29 is 0 Å². The molecule has 2 nitrogen and oxygen atoms in total. The highest BCUT2D eigenvalue weighted by Crippen LogP contribution is 2.34. The largest absolute Gasteiger partial charge is 0.342 e. The molecule has 0 bridgehead atoms. The Morgan fingerprint density at radius 2 is 2.06 bits per heavy atom. The summed E-state index contributed by atoms with van der Waals surface area (Å²) in [4.78, 5) is 8.18. The molecule has 0 radical (unpaired) electrons. The Morgan fingerprint density at radius 1 is 1.31 bits per heavy atom. The zero-order valence-corrected chi connectivity index (χ0v) is 11.0. The van der Waals surface area contributed by atoms with Crippen LogP contribution in [0.4, 0.5) is 0 Å². The van der Waals surface area contributed by atoms with Gasteiger partial charge in [0, 0.05) is 10.4 Å². The summed E-state index contributed by atoms with van der Waals surface area (Å²) in [5, 5.41) is 0. The van der Waals surface area contributed by atoms with Gasteiger partial charge in [0.05, 0.1) is 11.0 Å². The Hall–Kier alpha value is -0.830. The number of aromatic amines is 1. The van der Waals surface area contributed by atoms with Gasteiger partial charge in [-0.3, -0.25) is 0 Å². The standard InChI is InChI=1S/C13H15BrN2/c1-8-6-11-12(7-10(8)14)16-13(15-11)9-4-2-3-5-9/h6-7,9H,2-5H2,1H3,(H,15,16). The molecule has 1 N–H and O–H groups in total. The van der Waals surface area contributed by atoms with Gasteiger partial charge < -0.3 is 4.98 Å². The van der Waals surface area contributed by atoms with E-state index in [0.717, 1.165) is 9.99 Å². The molecule has 2 aromatic rings. The number of hydrogen-bond donors (Lipinski definition) is 1. The second-order valence-corrected chi connectivity index (χ2v) is 5.58. The number of fused-ring (bicyclic) bond motifs is 1. The number of nitrogens with zero attached hydrogens (tertiary/aromatic N) is 1. The second-order valence-electron chi connectivity index (χ2n) is 4.72. The third-order valence-electron chi connectivity index (χ3n) is 3.52. The Kier molecular flexibility index (Phi) is 2.51. The lowest BCUT2D eigenvalue weighted by atomic mass is 10.1. The summed E-state index contributed by atoms with van der Waals surface area (Å²) in [5.74, 6) is 1.84. The Morgan fingerprint density at radius 3 is 2.81 bits per heavy atom. The minimum atomic E-state index is 0.659. The van der Waals surface area contributed by atoms with Gasteiger partial charge in [0.25, 0.3) is 0 Å². The fourth-order valence-corrected chi connectivity index (χ4v) is 2.88. The molecule has 0 amide bonds. The molecule has 3 heteroatoms. The van der Waals surface area contributed by atoms with Crippen LogP contribution >= 0.6 is 15.9 Å². The first-order valence-corrected chi connectivity index (χ1v) is 6.69. The molecule has 0 aliphatic heterocycles. The molecule has 0 spiro atoms. The summed E-state index contributed by atoms with van der Waals surface area (Å²) in [6, 6.07) is 4.28. The quantitative estimate of drug-likeness (QED) is 0.828. The van der Waals surface area contributed by atoms with E-state index in [1.807, 2.05) is 0 Å². The molecule has 1 fully saturated rings. The van der Waals surface area contributed by atoms with Crippen LogP contribution in [0.5, 0.6) is 0 Å². The zero-order valence-electron chi connectivity index (χ0n) is 9.39. The Balaban J connectivity index is 2.08. The highest BCUT2D eigenvalue weighted by molar-refractivity contribution is 9.10. The molecule has 1 aromatic carbocycles. The van der Waals surface area contributed by atoms with E-state index in [1.165, 1.54) is 42.6 Å². The molecule has 3 rings (SSSR count). The van der Waals surface area contributed by atoms with Crippen molar-refractivity contribution in [3.63, 3.8) is 0 Å². The van der Waals surface area contributed by atoms with Gasteiger partial charge in [-0.25, -0.2) is 4.98 Å². The number of nitrogens with one attached hydrogen (secondary N) is 1. The lowest BCUT2D eigenvalue weighted by Crippen LogP contribution is -1.93. The van der Waals surface area contributed by atoms with E-state index in [0.29, 0.717) is 5.92 Å². The molecule has 84 valence electrons. The van der Waals surface area contributed by atoms with Crippen LogP contribution in [0.2, 0.25) is 0 Å². The van der Waals surface area contributed by atoms with Crippen LogP contribution in [0.1, 0.15) is 43.0 Å². The summed E-state index contributed by atoms with van der Waals surface area (Å²) in [6.07, 6.45) is 5.29. The molecular formula is C13H15BrN2. The molecule has 0 saturated heterocycles. The number of rotatable bonds is 1. The van der Waals surface area contributed by atoms with Crippen molar-refractivity contribution in [2.24, 2.45) is 0 Å². The summed E-state index contributed by atoms with van der Waals surface area (Å²) in [6.45, 7) is 2.11. The summed E-state index contributed by atoms with van der Waals surface area (Å²) in [5.41, 5.74) is 3.51. The van der Waals surface area contributed by atoms with Gasteiger partial charge in [-0.2, -0.15) is 0 Å². The monoisotopic (exact) mass is 278 g/mol. The first-order chi connectivity index (χ1) is 7.74. The third kappa shape index (κ3) is 1.67. The van der Waals surface area contributed by atoms with Crippen LogP contribution < -0.4 is 0 Å².